The summed E-state index contributed by atoms with van der Waals surface area (Å²) >= 11 is 0. The fraction of sp³-hybridized carbons (Fsp3) is 0.333. The van der Waals surface area contributed by atoms with Crippen LogP contribution in [0, 0.1) is 6.92 Å². The molecule has 7 nitrogen and oxygen atoms in total. The van der Waals surface area contributed by atoms with Crippen molar-refractivity contribution in [2.75, 3.05) is 31.6 Å². The Hall–Kier alpha value is -3.02. The van der Waals surface area contributed by atoms with Crippen LogP contribution < -0.4 is 5.32 Å². The summed E-state index contributed by atoms with van der Waals surface area (Å²) in [6, 6.07) is 12.5. The molecule has 35 heavy (non-hydrogen) atoms. The van der Waals surface area contributed by atoms with Crippen LogP contribution in [0.2, 0.25) is 0 Å². The molecule has 2 heterocycles. The molecule has 1 atom stereocenters. The van der Waals surface area contributed by atoms with Crippen LogP contribution in [0.1, 0.15) is 35.5 Å². The SMILES string of the molecule is CC.Cc1ccc(NC(=O)c2cnn(-c3ccccc3)c2C(F)(F)F)cc1S(=O)N1CCOCC1. The fourth-order valence-corrected chi connectivity index (χ4v) is 4.80. The Kier molecular flexibility index (Phi) is 8.82. The maximum absolute atomic E-state index is 13.9. The first-order valence-corrected chi connectivity index (χ1v) is 12.2. The zero-order valence-electron chi connectivity index (χ0n) is 19.6. The summed E-state index contributed by atoms with van der Waals surface area (Å²) in [7, 11) is -1.48. The molecule has 4 rings (SSSR count). The quantitative estimate of drug-likeness (QED) is 0.536. The van der Waals surface area contributed by atoms with E-state index in [-0.39, 0.29) is 11.4 Å². The van der Waals surface area contributed by atoms with Crippen molar-refractivity contribution in [2.24, 2.45) is 0 Å². The monoisotopic (exact) mass is 508 g/mol. The van der Waals surface area contributed by atoms with E-state index in [1.54, 1.807) is 41.6 Å². The highest BCUT2D eigenvalue weighted by molar-refractivity contribution is 7.82. The Balaban J connectivity index is 0.00000167. The number of anilines is 1. The minimum Gasteiger partial charge on any atom is -0.379 e. The predicted octanol–water partition coefficient (Wildman–Crippen LogP) is 4.83. The number of rotatable bonds is 5. The number of para-hydroxylation sites is 1. The average molecular weight is 509 g/mol. The van der Waals surface area contributed by atoms with Gasteiger partial charge < -0.3 is 10.1 Å². The number of aryl methyl sites for hydroxylation is 1. The van der Waals surface area contributed by atoms with Gasteiger partial charge in [-0.05, 0) is 36.8 Å². The number of aromatic nitrogens is 2. The zero-order chi connectivity index (χ0) is 25.6. The molecule has 1 N–H and O–H groups in total. The van der Waals surface area contributed by atoms with Gasteiger partial charge in [-0.1, -0.05) is 38.1 Å². The van der Waals surface area contributed by atoms with Gasteiger partial charge in [-0.15, -0.1) is 0 Å². The van der Waals surface area contributed by atoms with Crippen LogP contribution in [0.3, 0.4) is 0 Å². The highest BCUT2D eigenvalue weighted by atomic mass is 32.2. The Labute approximate surface area is 204 Å². The highest BCUT2D eigenvalue weighted by Gasteiger charge is 2.40. The van der Waals surface area contributed by atoms with Crippen LogP contribution >= 0.6 is 0 Å². The van der Waals surface area contributed by atoms with E-state index in [4.69, 9.17) is 4.74 Å². The van der Waals surface area contributed by atoms with E-state index in [9.17, 15) is 22.2 Å². The second-order valence-corrected chi connectivity index (χ2v) is 8.83. The van der Waals surface area contributed by atoms with Gasteiger partial charge in [0, 0.05) is 18.8 Å². The number of hydrogen-bond acceptors (Lipinski definition) is 4. The lowest BCUT2D eigenvalue weighted by Gasteiger charge is -2.26. The first-order valence-electron chi connectivity index (χ1n) is 11.1. The number of alkyl halides is 3. The summed E-state index contributed by atoms with van der Waals surface area (Å²) in [4.78, 5) is 13.3. The predicted molar refractivity (Wildman–Crippen MR) is 128 cm³/mol. The highest BCUT2D eigenvalue weighted by Crippen LogP contribution is 2.34. The van der Waals surface area contributed by atoms with Gasteiger partial charge in [-0.25, -0.2) is 13.2 Å². The van der Waals surface area contributed by atoms with Crippen molar-refractivity contribution in [3.63, 3.8) is 0 Å². The topological polar surface area (TPSA) is 76.5 Å². The first kappa shape index (κ1) is 26.6. The van der Waals surface area contributed by atoms with Crippen molar-refractivity contribution < 1.29 is 26.9 Å². The summed E-state index contributed by atoms with van der Waals surface area (Å²) in [5.74, 6) is -0.962. The van der Waals surface area contributed by atoms with Gasteiger partial charge >= 0.3 is 6.18 Å². The molecule has 1 aliphatic heterocycles. The molecule has 188 valence electrons. The smallest absolute Gasteiger partial charge is 0.379 e. The molecule has 0 saturated carbocycles. The Morgan fingerprint density at radius 1 is 1.09 bits per heavy atom. The van der Waals surface area contributed by atoms with Gasteiger partial charge in [0.15, 0.2) is 5.69 Å². The number of ether oxygens (including phenoxy) is 1. The van der Waals surface area contributed by atoms with E-state index in [1.807, 2.05) is 13.8 Å². The molecule has 0 bridgehead atoms. The van der Waals surface area contributed by atoms with Gasteiger partial charge in [0.25, 0.3) is 5.91 Å². The summed E-state index contributed by atoms with van der Waals surface area (Å²) < 4.78 is 62.3. The van der Waals surface area contributed by atoms with Gasteiger partial charge in [0.2, 0.25) is 0 Å². The minimum atomic E-state index is -4.81. The molecule has 11 heteroatoms. The molecule has 1 fully saturated rings. The minimum absolute atomic E-state index is 0.183. The van der Waals surface area contributed by atoms with Crippen molar-refractivity contribution in [1.29, 1.82) is 0 Å². The Morgan fingerprint density at radius 2 is 1.74 bits per heavy atom. The molecule has 1 unspecified atom stereocenters. The number of halogens is 3. The molecule has 1 aliphatic rings. The second-order valence-electron chi connectivity index (χ2n) is 7.38. The second kappa shape index (κ2) is 11.6. The van der Waals surface area contributed by atoms with Crippen molar-refractivity contribution >= 4 is 22.6 Å². The van der Waals surface area contributed by atoms with Gasteiger partial charge in [-0.2, -0.15) is 18.3 Å². The molecular weight excluding hydrogens is 481 g/mol. The maximum atomic E-state index is 13.9. The third-order valence-corrected chi connectivity index (χ3v) is 6.77. The largest absolute Gasteiger partial charge is 0.434 e. The van der Waals surface area contributed by atoms with Crippen LogP contribution in [-0.4, -0.2) is 50.5 Å². The Morgan fingerprint density at radius 3 is 2.37 bits per heavy atom. The fourth-order valence-electron chi connectivity index (χ4n) is 3.47. The molecule has 1 amide bonds. The molecule has 0 radical (unpaired) electrons. The third kappa shape index (κ3) is 6.16. The molecular formula is C24H27F3N4O3S. The van der Waals surface area contributed by atoms with Crippen LogP contribution in [-0.2, 0) is 21.9 Å². The lowest BCUT2D eigenvalue weighted by atomic mass is 10.2. The molecule has 3 aromatic rings. The van der Waals surface area contributed by atoms with E-state index >= 15 is 0 Å². The summed E-state index contributed by atoms with van der Waals surface area (Å²) in [6.07, 6.45) is -3.92. The number of carbonyl (C=O) groups is 1. The van der Waals surface area contributed by atoms with Crippen molar-refractivity contribution in [3.8, 4) is 5.69 Å². The van der Waals surface area contributed by atoms with Crippen LogP contribution in [0.15, 0.2) is 59.6 Å². The van der Waals surface area contributed by atoms with Crippen LogP contribution in [0.25, 0.3) is 5.69 Å². The summed E-state index contributed by atoms with van der Waals surface area (Å²) in [5, 5.41) is 6.30. The molecule has 0 spiro atoms. The summed E-state index contributed by atoms with van der Waals surface area (Å²) in [6.45, 7) is 7.71. The van der Waals surface area contributed by atoms with Gasteiger partial charge in [0.1, 0.15) is 11.0 Å². The van der Waals surface area contributed by atoms with E-state index in [0.717, 1.165) is 11.8 Å². The van der Waals surface area contributed by atoms with E-state index in [1.165, 1.54) is 18.2 Å². The van der Waals surface area contributed by atoms with Crippen molar-refractivity contribution in [2.45, 2.75) is 31.8 Å². The van der Waals surface area contributed by atoms with Gasteiger partial charge in [0.05, 0.1) is 35.6 Å². The van der Waals surface area contributed by atoms with Gasteiger partial charge in [-0.3, -0.25) is 4.79 Å². The van der Waals surface area contributed by atoms with E-state index < -0.39 is 34.3 Å². The average Bonchev–Trinajstić information content (AvgIpc) is 3.33. The van der Waals surface area contributed by atoms with E-state index in [2.05, 4.69) is 10.4 Å². The number of amides is 1. The number of hydrogen-bond donors (Lipinski definition) is 1. The first-order chi connectivity index (χ1) is 16.8. The molecule has 2 aromatic carbocycles. The van der Waals surface area contributed by atoms with Crippen LogP contribution in [0.4, 0.5) is 18.9 Å². The normalized spacial score (nSPS) is 15.1. The number of nitrogens with zero attached hydrogens (tertiary/aromatic N) is 3. The number of nitrogens with one attached hydrogen (secondary N) is 1. The zero-order valence-corrected chi connectivity index (χ0v) is 20.4. The molecule has 1 aromatic heterocycles. The Bertz CT molecular complexity index is 1180. The van der Waals surface area contributed by atoms with Crippen LogP contribution in [0.5, 0.6) is 0 Å². The standard InChI is InChI=1S/C22H21F3N4O3S.C2H6/c1-15-7-8-16(13-19(15)33(31)28-9-11-32-12-10-28)27-21(30)18-14-26-29(20(18)22(23,24)25)17-5-3-2-4-6-17;1-2/h2-8,13-14H,9-12H2,1H3,(H,27,30);1-2H3. The van der Waals surface area contributed by atoms with Crippen molar-refractivity contribution in [1.82, 2.24) is 14.1 Å². The van der Waals surface area contributed by atoms with E-state index in [0.29, 0.717) is 35.9 Å². The number of benzene rings is 2. The number of carbonyl (C=O) groups excluding carboxylic acids is 1. The summed E-state index contributed by atoms with van der Waals surface area (Å²) in [5.41, 5.74) is -0.617. The maximum Gasteiger partial charge on any atom is 0.434 e. The molecule has 1 saturated heterocycles. The molecule has 0 aliphatic carbocycles. The third-order valence-electron chi connectivity index (χ3n) is 5.12. The lowest BCUT2D eigenvalue weighted by Crippen LogP contribution is -2.37. The van der Waals surface area contributed by atoms with Crippen molar-refractivity contribution in [3.05, 3.63) is 71.5 Å². The lowest BCUT2D eigenvalue weighted by molar-refractivity contribution is -0.143. The number of morpholine rings is 1.